The van der Waals surface area contributed by atoms with E-state index in [4.69, 9.17) is 0 Å². The summed E-state index contributed by atoms with van der Waals surface area (Å²) in [6, 6.07) is 3.78. The first kappa shape index (κ1) is 17.7. The summed E-state index contributed by atoms with van der Waals surface area (Å²) < 4.78 is 27.6. The number of aryl methyl sites for hydroxylation is 1. The lowest BCUT2D eigenvalue weighted by Crippen LogP contribution is -2.42. The number of hydrogen-bond acceptors (Lipinski definition) is 4. The minimum Gasteiger partial charge on any atom is -0.352 e. The Hall–Kier alpha value is -3.36. The van der Waals surface area contributed by atoms with Crippen LogP contribution in [0.15, 0.2) is 36.9 Å². The first-order chi connectivity index (χ1) is 13.9. The smallest absolute Gasteiger partial charge is 0.255 e. The van der Waals surface area contributed by atoms with Crippen LogP contribution in [0.25, 0.3) is 27.7 Å². The van der Waals surface area contributed by atoms with Crippen molar-refractivity contribution in [1.29, 1.82) is 0 Å². The van der Waals surface area contributed by atoms with E-state index in [1.54, 1.807) is 16.9 Å². The van der Waals surface area contributed by atoms with Gasteiger partial charge in [-0.2, -0.15) is 5.10 Å². The number of H-pyrrole nitrogens is 1. The van der Waals surface area contributed by atoms with Crippen molar-refractivity contribution < 1.29 is 13.6 Å². The van der Waals surface area contributed by atoms with Gasteiger partial charge in [-0.05, 0) is 30.5 Å². The third-order valence-corrected chi connectivity index (χ3v) is 5.36. The lowest BCUT2D eigenvalue weighted by Gasteiger charge is -2.34. The largest absolute Gasteiger partial charge is 0.352 e. The number of alkyl halides is 2. The topological polar surface area (TPSA) is 88.0 Å². The molecular formula is C20H18F2N6O. The maximum absolute atomic E-state index is 13.0. The number of hydrogen-bond donors (Lipinski definition) is 2. The fourth-order valence-electron chi connectivity index (χ4n) is 3.82. The van der Waals surface area contributed by atoms with Crippen molar-refractivity contribution in [1.82, 2.24) is 29.9 Å². The Balaban J connectivity index is 1.43. The van der Waals surface area contributed by atoms with Crippen molar-refractivity contribution in [2.24, 2.45) is 5.92 Å². The molecular weight excluding hydrogens is 378 g/mol. The molecule has 0 aromatic carbocycles. The first-order valence-corrected chi connectivity index (χ1v) is 9.34. The summed E-state index contributed by atoms with van der Waals surface area (Å²) in [6.45, 7) is 2.07. The molecule has 148 valence electrons. The molecule has 2 N–H and O–H groups in total. The molecule has 9 heteroatoms. The molecule has 1 fully saturated rings. The van der Waals surface area contributed by atoms with E-state index in [2.05, 4.69) is 25.4 Å². The average molecular weight is 396 g/mol. The quantitative estimate of drug-likeness (QED) is 0.554. The third kappa shape index (κ3) is 3.12. The Labute approximate surface area is 164 Å². The van der Waals surface area contributed by atoms with Crippen LogP contribution in [0.2, 0.25) is 0 Å². The van der Waals surface area contributed by atoms with Gasteiger partial charge >= 0.3 is 0 Å². The molecule has 4 heterocycles. The molecule has 0 atom stereocenters. The summed E-state index contributed by atoms with van der Waals surface area (Å²) >= 11 is 0. The lowest BCUT2D eigenvalue weighted by atomic mass is 9.81. The van der Waals surface area contributed by atoms with Gasteiger partial charge in [-0.15, -0.1) is 0 Å². The molecule has 7 nitrogen and oxygen atoms in total. The Morgan fingerprint density at radius 1 is 1.38 bits per heavy atom. The van der Waals surface area contributed by atoms with Gasteiger partial charge in [-0.1, -0.05) is 0 Å². The molecule has 0 unspecified atom stereocenters. The summed E-state index contributed by atoms with van der Waals surface area (Å²) in [4.78, 5) is 24.4. The average Bonchev–Trinajstić information content (AvgIpc) is 3.27. The highest BCUT2D eigenvalue weighted by Gasteiger charge is 2.45. The van der Waals surface area contributed by atoms with Crippen molar-refractivity contribution in [3.05, 3.63) is 48.3 Å². The molecule has 1 aliphatic rings. The molecule has 29 heavy (non-hydrogen) atoms. The van der Waals surface area contributed by atoms with Gasteiger partial charge in [0, 0.05) is 48.9 Å². The number of amides is 1. The number of carbonyl (C=O) groups is 1. The van der Waals surface area contributed by atoms with E-state index >= 15 is 0 Å². The molecule has 0 bridgehead atoms. The number of carbonyl (C=O) groups excluding carboxylic acids is 1. The van der Waals surface area contributed by atoms with Crippen LogP contribution in [0.1, 0.15) is 29.0 Å². The van der Waals surface area contributed by atoms with Gasteiger partial charge in [0.25, 0.3) is 5.91 Å². The van der Waals surface area contributed by atoms with E-state index in [0.717, 1.165) is 22.2 Å². The number of halogens is 2. The molecule has 1 aliphatic carbocycles. The standard InChI is InChI=1S/C20H18F2N6O/c1-11-23-9-15-14(8-24-18(15)27-11)13-2-3-28-17(4-13)16(10-26-28)19(29)25-7-12-5-20(21,22)6-12/h2-4,8-10,12H,5-7H2,1H3,(H,25,29)(H,23,24,27). The minimum absolute atomic E-state index is 0.172. The predicted octanol–water partition coefficient (Wildman–Crippen LogP) is 3.36. The van der Waals surface area contributed by atoms with Gasteiger partial charge in [0.05, 0.1) is 17.3 Å². The highest BCUT2D eigenvalue weighted by atomic mass is 19.3. The first-order valence-electron chi connectivity index (χ1n) is 9.34. The van der Waals surface area contributed by atoms with Crippen LogP contribution >= 0.6 is 0 Å². The normalized spacial score (nSPS) is 16.2. The molecule has 0 saturated heterocycles. The van der Waals surface area contributed by atoms with Gasteiger partial charge < -0.3 is 10.3 Å². The molecule has 0 spiro atoms. The second-order valence-corrected chi connectivity index (χ2v) is 7.53. The maximum atomic E-state index is 13.0. The van der Waals surface area contributed by atoms with Gasteiger partial charge in [-0.3, -0.25) is 4.79 Å². The van der Waals surface area contributed by atoms with Gasteiger partial charge in [0.1, 0.15) is 11.5 Å². The Kier molecular flexibility index (Phi) is 3.87. The van der Waals surface area contributed by atoms with Crippen molar-refractivity contribution in [3.63, 3.8) is 0 Å². The number of aromatic nitrogens is 5. The molecule has 4 aromatic rings. The van der Waals surface area contributed by atoms with Gasteiger partial charge in [-0.25, -0.2) is 23.3 Å². The van der Waals surface area contributed by atoms with E-state index in [1.807, 2.05) is 25.3 Å². The van der Waals surface area contributed by atoms with Crippen LogP contribution in [0.5, 0.6) is 0 Å². The van der Waals surface area contributed by atoms with Crippen LogP contribution < -0.4 is 5.32 Å². The summed E-state index contributed by atoms with van der Waals surface area (Å²) in [5.74, 6) is -2.40. The van der Waals surface area contributed by atoms with Crippen molar-refractivity contribution >= 4 is 22.5 Å². The van der Waals surface area contributed by atoms with E-state index in [-0.39, 0.29) is 31.2 Å². The molecule has 0 radical (unpaired) electrons. The predicted molar refractivity (Wildman–Crippen MR) is 103 cm³/mol. The molecule has 1 saturated carbocycles. The molecule has 4 aromatic heterocycles. The zero-order valence-electron chi connectivity index (χ0n) is 15.6. The van der Waals surface area contributed by atoms with Gasteiger partial charge in [0.2, 0.25) is 5.92 Å². The third-order valence-electron chi connectivity index (χ3n) is 5.36. The van der Waals surface area contributed by atoms with Crippen LogP contribution in [0.3, 0.4) is 0 Å². The van der Waals surface area contributed by atoms with Crippen LogP contribution in [0.4, 0.5) is 8.78 Å². The zero-order valence-corrected chi connectivity index (χ0v) is 15.6. The van der Waals surface area contributed by atoms with Crippen molar-refractivity contribution in [2.45, 2.75) is 25.7 Å². The second kappa shape index (κ2) is 6.33. The maximum Gasteiger partial charge on any atom is 0.255 e. The zero-order chi connectivity index (χ0) is 20.2. The Morgan fingerprint density at radius 3 is 3.00 bits per heavy atom. The number of nitrogens with zero attached hydrogens (tertiary/aromatic N) is 4. The summed E-state index contributed by atoms with van der Waals surface area (Å²) in [6.07, 6.45) is 6.56. The highest BCUT2D eigenvalue weighted by molar-refractivity contribution is 6.02. The fourth-order valence-corrected chi connectivity index (χ4v) is 3.82. The van der Waals surface area contributed by atoms with Crippen molar-refractivity contribution in [3.8, 4) is 11.1 Å². The van der Waals surface area contributed by atoms with Crippen molar-refractivity contribution in [2.75, 3.05) is 6.54 Å². The number of nitrogens with one attached hydrogen (secondary N) is 2. The fraction of sp³-hybridized carbons (Fsp3) is 0.300. The number of aromatic amines is 1. The van der Waals surface area contributed by atoms with E-state index in [0.29, 0.717) is 16.9 Å². The Morgan fingerprint density at radius 2 is 2.21 bits per heavy atom. The SMILES string of the molecule is Cc1ncc2c(-c3ccn4ncc(C(=O)NCC5CC(F)(F)C5)c4c3)c[nH]c2n1. The molecule has 5 rings (SSSR count). The number of rotatable bonds is 4. The number of pyridine rings is 1. The second-order valence-electron chi connectivity index (χ2n) is 7.53. The molecule has 0 aliphatic heterocycles. The highest BCUT2D eigenvalue weighted by Crippen LogP contribution is 2.41. The Bertz CT molecular complexity index is 1240. The van der Waals surface area contributed by atoms with E-state index in [9.17, 15) is 13.6 Å². The molecule has 1 amide bonds. The number of fused-ring (bicyclic) bond motifs is 2. The van der Waals surface area contributed by atoms with E-state index in [1.165, 1.54) is 6.20 Å². The van der Waals surface area contributed by atoms with Crippen LogP contribution in [-0.2, 0) is 0 Å². The monoisotopic (exact) mass is 396 g/mol. The van der Waals surface area contributed by atoms with E-state index < -0.39 is 5.92 Å². The summed E-state index contributed by atoms with van der Waals surface area (Å²) in [5, 5.41) is 7.86. The summed E-state index contributed by atoms with van der Waals surface area (Å²) in [7, 11) is 0. The van der Waals surface area contributed by atoms with Crippen LogP contribution in [-0.4, -0.2) is 42.9 Å². The summed E-state index contributed by atoms with van der Waals surface area (Å²) in [5.41, 5.74) is 3.61. The van der Waals surface area contributed by atoms with Gasteiger partial charge in [0.15, 0.2) is 0 Å². The van der Waals surface area contributed by atoms with Crippen LogP contribution in [0, 0.1) is 12.8 Å². The minimum atomic E-state index is -2.59. The lowest BCUT2D eigenvalue weighted by molar-refractivity contribution is -0.108.